The van der Waals surface area contributed by atoms with E-state index in [0.717, 1.165) is 27.8 Å². The van der Waals surface area contributed by atoms with Crippen LogP contribution in [0.1, 0.15) is 5.56 Å². The molecular formula is C24H21O2P. The van der Waals surface area contributed by atoms with Crippen LogP contribution in [0.15, 0.2) is 103 Å². The molecule has 0 N–H and O–H groups in total. The first-order valence-corrected chi connectivity index (χ1v) is 10.7. The number of hydrogen-bond acceptors (Lipinski definition) is 2. The zero-order valence-electron chi connectivity index (χ0n) is 15.0. The highest BCUT2D eigenvalue weighted by molar-refractivity contribution is 7.74. The molecular weight excluding hydrogens is 351 g/mol. The average Bonchev–Trinajstić information content (AvgIpc) is 2.74. The Bertz CT molecular complexity index is 1080. The first-order valence-electron chi connectivity index (χ1n) is 9.09. The Morgan fingerprint density at radius 1 is 0.630 bits per heavy atom. The monoisotopic (exact) mass is 372 g/mol. The molecule has 2 nitrogen and oxygen atoms in total. The van der Waals surface area contributed by atoms with Gasteiger partial charge in [0.2, 0.25) is 0 Å². The lowest BCUT2D eigenvalue weighted by molar-refractivity contribution is 0.331. The van der Waals surface area contributed by atoms with Crippen LogP contribution in [0.25, 0.3) is 10.8 Å². The van der Waals surface area contributed by atoms with E-state index in [9.17, 15) is 4.57 Å². The van der Waals surface area contributed by atoms with Crippen molar-refractivity contribution in [3.63, 3.8) is 0 Å². The fourth-order valence-electron chi connectivity index (χ4n) is 3.22. The van der Waals surface area contributed by atoms with E-state index in [-0.39, 0.29) is 0 Å². The molecule has 0 aliphatic carbocycles. The number of rotatable bonds is 6. The summed E-state index contributed by atoms with van der Waals surface area (Å²) in [6, 6.07) is 33.7. The molecule has 0 saturated heterocycles. The highest BCUT2D eigenvalue weighted by Gasteiger charge is 2.28. The van der Waals surface area contributed by atoms with E-state index >= 15 is 0 Å². The quantitative estimate of drug-likeness (QED) is 0.428. The van der Waals surface area contributed by atoms with Gasteiger partial charge in [0.25, 0.3) is 7.37 Å². The van der Waals surface area contributed by atoms with Gasteiger partial charge in [0.15, 0.2) is 0 Å². The van der Waals surface area contributed by atoms with Crippen molar-refractivity contribution in [1.82, 2.24) is 0 Å². The summed E-state index contributed by atoms with van der Waals surface area (Å²) in [7, 11) is -3.17. The van der Waals surface area contributed by atoms with Crippen molar-refractivity contribution >= 4 is 28.8 Å². The normalized spacial score (nSPS) is 13.3. The molecule has 4 rings (SSSR count). The molecule has 3 heteroatoms. The van der Waals surface area contributed by atoms with E-state index in [1.54, 1.807) is 0 Å². The SMILES string of the molecule is O=P(OCCc1ccccc1)(c1ccccc1)c1ccc2ccccc2c1. The molecule has 0 fully saturated rings. The van der Waals surface area contributed by atoms with E-state index in [0.29, 0.717) is 6.61 Å². The van der Waals surface area contributed by atoms with Crippen molar-refractivity contribution in [2.24, 2.45) is 0 Å². The summed E-state index contributed by atoms with van der Waals surface area (Å²) in [4.78, 5) is 0. The van der Waals surface area contributed by atoms with Crippen molar-refractivity contribution < 1.29 is 9.09 Å². The predicted molar refractivity (Wildman–Crippen MR) is 113 cm³/mol. The Labute approximate surface area is 159 Å². The lowest BCUT2D eigenvalue weighted by atomic mass is 10.1. The van der Waals surface area contributed by atoms with Crippen LogP contribution in [0.2, 0.25) is 0 Å². The molecule has 0 bridgehead atoms. The standard InChI is InChI=1S/C24H21O2P/c25-27(23-13-5-2-6-14-23,26-18-17-20-9-3-1-4-10-20)24-16-15-21-11-7-8-12-22(21)19-24/h1-16,19H,17-18H2. The van der Waals surface area contributed by atoms with Gasteiger partial charge >= 0.3 is 0 Å². The molecule has 0 aliphatic rings. The van der Waals surface area contributed by atoms with E-state index < -0.39 is 7.37 Å². The maximum atomic E-state index is 14.0. The topological polar surface area (TPSA) is 26.3 Å². The minimum Gasteiger partial charge on any atom is -0.322 e. The van der Waals surface area contributed by atoms with Gasteiger partial charge in [-0.1, -0.05) is 78.9 Å². The van der Waals surface area contributed by atoms with Crippen molar-refractivity contribution in [2.45, 2.75) is 6.42 Å². The Balaban J connectivity index is 1.68. The van der Waals surface area contributed by atoms with Crippen LogP contribution in [0.5, 0.6) is 0 Å². The van der Waals surface area contributed by atoms with Crippen molar-refractivity contribution in [2.75, 3.05) is 6.61 Å². The summed E-state index contributed by atoms with van der Waals surface area (Å²) in [6.07, 6.45) is 0.727. The maximum absolute atomic E-state index is 14.0. The molecule has 0 spiro atoms. The smallest absolute Gasteiger partial charge is 0.261 e. The van der Waals surface area contributed by atoms with Gasteiger partial charge < -0.3 is 4.52 Å². The summed E-state index contributed by atoms with van der Waals surface area (Å²) in [5, 5.41) is 3.66. The van der Waals surface area contributed by atoms with Crippen LogP contribution < -0.4 is 10.6 Å². The van der Waals surface area contributed by atoms with Gasteiger partial charge in [-0.15, -0.1) is 0 Å². The molecule has 0 heterocycles. The molecule has 0 amide bonds. The highest BCUT2D eigenvalue weighted by atomic mass is 31.2. The lowest BCUT2D eigenvalue weighted by Crippen LogP contribution is -2.19. The average molecular weight is 372 g/mol. The minimum absolute atomic E-state index is 0.406. The summed E-state index contributed by atoms with van der Waals surface area (Å²) in [6.45, 7) is 0.406. The molecule has 1 unspecified atom stereocenters. The number of benzene rings is 4. The highest BCUT2D eigenvalue weighted by Crippen LogP contribution is 2.45. The Morgan fingerprint density at radius 2 is 1.26 bits per heavy atom. The second-order valence-corrected chi connectivity index (χ2v) is 8.88. The van der Waals surface area contributed by atoms with Crippen LogP contribution in [-0.2, 0) is 15.5 Å². The summed E-state index contributed by atoms with van der Waals surface area (Å²) >= 11 is 0. The minimum atomic E-state index is -3.17. The first-order chi connectivity index (χ1) is 13.3. The molecule has 0 saturated carbocycles. The zero-order chi connectivity index (χ0) is 18.5. The van der Waals surface area contributed by atoms with E-state index in [4.69, 9.17) is 4.52 Å². The molecule has 0 aromatic heterocycles. The third-order valence-corrected chi connectivity index (χ3v) is 7.16. The fraction of sp³-hybridized carbons (Fsp3) is 0.0833. The molecule has 0 radical (unpaired) electrons. The molecule has 1 atom stereocenters. The molecule has 134 valence electrons. The predicted octanol–water partition coefficient (Wildman–Crippen LogP) is 5.33. The van der Waals surface area contributed by atoms with Gasteiger partial charge in [-0.3, -0.25) is 4.57 Å². The Kier molecular flexibility index (Phi) is 5.20. The third-order valence-electron chi connectivity index (χ3n) is 4.68. The van der Waals surface area contributed by atoms with Gasteiger partial charge in [-0.2, -0.15) is 0 Å². The van der Waals surface area contributed by atoms with Gasteiger partial charge in [0.05, 0.1) is 6.61 Å². The van der Waals surface area contributed by atoms with E-state index in [1.165, 1.54) is 5.56 Å². The largest absolute Gasteiger partial charge is 0.322 e. The van der Waals surface area contributed by atoms with Crippen molar-refractivity contribution in [1.29, 1.82) is 0 Å². The number of hydrogen-bond donors (Lipinski definition) is 0. The fourth-order valence-corrected chi connectivity index (χ4v) is 5.31. The zero-order valence-corrected chi connectivity index (χ0v) is 15.9. The van der Waals surface area contributed by atoms with Gasteiger partial charge in [0, 0.05) is 10.6 Å². The van der Waals surface area contributed by atoms with E-state index in [1.807, 2.05) is 84.9 Å². The second-order valence-electron chi connectivity index (χ2n) is 6.49. The van der Waals surface area contributed by atoms with Crippen LogP contribution >= 0.6 is 7.37 Å². The first kappa shape index (κ1) is 17.7. The van der Waals surface area contributed by atoms with Crippen LogP contribution in [0.4, 0.5) is 0 Å². The summed E-state index contributed by atoms with van der Waals surface area (Å²) in [5.74, 6) is 0. The Morgan fingerprint density at radius 3 is 2.00 bits per heavy atom. The summed E-state index contributed by atoms with van der Waals surface area (Å²) in [5.41, 5.74) is 1.18. The molecule has 0 aliphatic heterocycles. The molecule has 4 aromatic carbocycles. The molecule has 27 heavy (non-hydrogen) atoms. The Hall–Kier alpha value is -2.67. The van der Waals surface area contributed by atoms with Crippen LogP contribution in [-0.4, -0.2) is 6.61 Å². The second kappa shape index (κ2) is 7.92. The maximum Gasteiger partial charge on any atom is 0.261 e. The van der Waals surface area contributed by atoms with Crippen molar-refractivity contribution in [3.05, 3.63) is 109 Å². The van der Waals surface area contributed by atoms with E-state index in [2.05, 4.69) is 18.2 Å². The van der Waals surface area contributed by atoms with Gasteiger partial charge in [-0.25, -0.2) is 0 Å². The lowest BCUT2D eigenvalue weighted by Gasteiger charge is -2.20. The van der Waals surface area contributed by atoms with Crippen molar-refractivity contribution in [3.8, 4) is 0 Å². The summed E-state index contributed by atoms with van der Waals surface area (Å²) < 4.78 is 20.1. The van der Waals surface area contributed by atoms with Gasteiger partial charge in [-0.05, 0) is 47.0 Å². The van der Waals surface area contributed by atoms with Crippen LogP contribution in [0.3, 0.4) is 0 Å². The third kappa shape index (κ3) is 3.88. The molecule has 4 aromatic rings. The van der Waals surface area contributed by atoms with Gasteiger partial charge in [0.1, 0.15) is 0 Å². The number of fused-ring (bicyclic) bond motifs is 1. The van der Waals surface area contributed by atoms with Crippen LogP contribution in [0, 0.1) is 0 Å².